The molecular formula is C17H22FN3. The van der Waals surface area contributed by atoms with Crippen molar-refractivity contribution in [1.82, 2.24) is 15.2 Å². The Labute approximate surface area is 125 Å². The lowest BCUT2D eigenvalue weighted by Crippen LogP contribution is -2.26. The van der Waals surface area contributed by atoms with E-state index in [1.807, 2.05) is 37.4 Å². The highest BCUT2D eigenvalue weighted by molar-refractivity contribution is 5.21. The Morgan fingerprint density at radius 2 is 1.95 bits per heavy atom. The van der Waals surface area contributed by atoms with Crippen molar-refractivity contribution in [2.24, 2.45) is 0 Å². The lowest BCUT2D eigenvalue weighted by Gasteiger charge is -2.22. The molecule has 0 spiro atoms. The van der Waals surface area contributed by atoms with Crippen molar-refractivity contribution >= 4 is 0 Å². The number of nitrogens with zero attached hydrogens (tertiary/aromatic N) is 2. The van der Waals surface area contributed by atoms with E-state index in [0.717, 1.165) is 30.8 Å². The van der Waals surface area contributed by atoms with Gasteiger partial charge < -0.3 is 10.2 Å². The second-order valence-corrected chi connectivity index (χ2v) is 5.21. The van der Waals surface area contributed by atoms with Crippen LogP contribution < -0.4 is 5.32 Å². The molecule has 3 nitrogen and oxygen atoms in total. The number of nitrogens with one attached hydrogen (secondary N) is 1. The Balaban J connectivity index is 1.90. The number of hydrogen-bond acceptors (Lipinski definition) is 3. The number of pyridine rings is 1. The van der Waals surface area contributed by atoms with Crippen LogP contribution in [0.3, 0.4) is 0 Å². The molecule has 21 heavy (non-hydrogen) atoms. The van der Waals surface area contributed by atoms with Gasteiger partial charge in [-0.25, -0.2) is 4.39 Å². The summed E-state index contributed by atoms with van der Waals surface area (Å²) in [6, 6.07) is 12.9. The van der Waals surface area contributed by atoms with Gasteiger partial charge in [0.05, 0.1) is 5.69 Å². The highest BCUT2D eigenvalue weighted by Crippen LogP contribution is 2.20. The van der Waals surface area contributed by atoms with Crippen molar-refractivity contribution in [3.63, 3.8) is 0 Å². The number of rotatable bonds is 7. The first-order chi connectivity index (χ1) is 10.2. The summed E-state index contributed by atoms with van der Waals surface area (Å²) in [6.45, 7) is 1.67. The smallest absolute Gasteiger partial charge is 0.127 e. The van der Waals surface area contributed by atoms with E-state index in [9.17, 15) is 4.39 Å². The van der Waals surface area contributed by atoms with Crippen molar-refractivity contribution in [3.8, 4) is 0 Å². The van der Waals surface area contributed by atoms with Gasteiger partial charge in [0.1, 0.15) is 5.82 Å². The van der Waals surface area contributed by atoms with E-state index < -0.39 is 0 Å². The maximum atomic E-state index is 13.8. The number of benzene rings is 1. The number of halogens is 1. The quantitative estimate of drug-likeness (QED) is 0.848. The Morgan fingerprint density at radius 3 is 2.62 bits per heavy atom. The van der Waals surface area contributed by atoms with E-state index in [0.29, 0.717) is 0 Å². The van der Waals surface area contributed by atoms with E-state index in [4.69, 9.17) is 0 Å². The Hall–Kier alpha value is -1.78. The number of aromatic nitrogens is 1. The predicted octanol–water partition coefficient (Wildman–Crippen LogP) is 3.00. The zero-order chi connectivity index (χ0) is 15.1. The minimum Gasteiger partial charge on any atom is -0.313 e. The van der Waals surface area contributed by atoms with Gasteiger partial charge >= 0.3 is 0 Å². The first-order valence-electron chi connectivity index (χ1n) is 7.21. The first kappa shape index (κ1) is 15.6. The van der Waals surface area contributed by atoms with Gasteiger partial charge in [0.25, 0.3) is 0 Å². The van der Waals surface area contributed by atoms with Crippen LogP contribution in [0.4, 0.5) is 4.39 Å². The fraction of sp³-hybridized carbons (Fsp3) is 0.353. The molecule has 0 saturated heterocycles. The van der Waals surface area contributed by atoms with Crippen LogP contribution in [0.5, 0.6) is 0 Å². The molecule has 0 aliphatic heterocycles. The third-order valence-electron chi connectivity index (χ3n) is 3.59. The summed E-state index contributed by atoms with van der Waals surface area (Å²) in [6.07, 6.45) is 2.65. The average Bonchev–Trinajstić information content (AvgIpc) is 2.50. The van der Waals surface area contributed by atoms with Gasteiger partial charge in [-0.2, -0.15) is 0 Å². The SMILES string of the molecule is CNC(CCN(C)Cc1ccccn1)c1ccccc1F. The molecule has 1 aromatic heterocycles. The van der Waals surface area contributed by atoms with Gasteiger partial charge in [-0.15, -0.1) is 0 Å². The highest BCUT2D eigenvalue weighted by Gasteiger charge is 2.14. The Kier molecular flexibility index (Phi) is 5.84. The van der Waals surface area contributed by atoms with Crippen LogP contribution in [0, 0.1) is 5.82 Å². The van der Waals surface area contributed by atoms with Gasteiger partial charge in [-0.05, 0) is 38.7 Å². The van der Waals surface area contributed by atoms with E-state index >= 15 is 0 Å². The molecule has 0 fully saturated rings. The lowest BCUT2D eigenvalue weighted by atomic mass is 10.0. The van der Waals surface area contributed by atoms with Crippen LogP contribution in [0.15, 0.2) is 48.7 Å². The predicted molar refractivity (Wildman–Crippen MR) is 83.4 cm³/mol. The van der Waals surface area contributed by atoms with Gasteiger partial charge in [0, 0.05) is 30.9 Å². The average molecular weight is 287 g/mol. The molecule has 1 unspecified atom stereocenters. The summed E-state index contributed by atoms with van der Waals surface area (Å²) >= 11 is 0. The van der Waals surface area contributed by atoms with Gasteiger partial charge in [0.15, 0.2) is 0 Å². The molecule has 1 heterocycles. The molecule has 0 amide bonds. The normalized spacial score (nSPS) is 12.6. The molecule has 1 N–H and O–H groups in total. The maximum absolute atomic E-state index is 13.8. The van der Waals surface area contributed by atoms with E-state index in [1.54, 1.807) is 12.3 Å². The fourth-order valence-electron chi connectivity index (χ4n) is 2.41. The highest BCUT2D eigenvalue weighted by atomic mass is 19.1. The molecule has 0 bridgehead atoms. The standard InChI is InChI=1S/C17H22FN3/c1-19-17(15-8-3-4-9-16(15)18)10-12-21(2)13-14-7-5-6-11-20-14/h3-9,11,17,19H,10,12-13H2,1-2H3. The van der Waals surface area contributed by atoms with Crippen molar-refractivity contribution in [1.29, 1.82) is 0 Å². The van der Waals surface area contributed by atoms with Crippen molar-refractivity contribution in [2.75, 3.05) is 20.6 Å². The summed E-state index contributed by atoms with van der Waals surface area (Å²) in [4.78, 5) is 6.52. The molecule has 0 aliphatic carbocycles. The van der Waals surface area contributed by atoms with Crippen LogP contribution >= 0.6 is 0 Å². The molecule has 1 aromatic carbocycles. The second-order valence-electron chi connectivity index (χ2n) is 5.21. The van der Waals surface area contributed by atoms with E-state index in [1.165, 1.54) is 6.07 Å². The third kappa shape index (κ3) is 4.62. The fourth-order valence-corrected chi connectivity index (χ4v) is 2.41. The van der Waals surface area contributed by atoms with E-state index in [2.05, 4.69) is 22.2 Å². The van der Waals surface area contributed by atoms with Crippen LogP contribution in [0.25, 0.3) is 0 Å². The summed E-state index contributed by atoms with van der Waals surface area (Å²) in [7, 11) is 3.93. The van der Waals surface area contributed by atoms with E-state index in [-0.39, 0.29) is 11.9 Å². The maximum Gasteiger partial charge on any atom is 0.127 e. The molecule has 0 aliphatic rings. The molecule has 0 saturated carbocycles. The summed E-state index contributed by atoms with van der Waals surface area (Å²) in [5.74, 6) is -0.149. The monoisotopic (exact) mass is 287 g/mol. The molecule has 4 heteroatoms. The molecular weight excluding hydrogens is 265 g/mol. The van der Waals surface area contributed by atoms with Crippen LogP contribution in [0.2, 0.25) is 0 Å². The molecule has 2 aromatic rings. The summed E-state index contributed by atoms with van der Waals surface area (Å²) in [5.41, 5.74) is 1.78. The molecule has 1 atom stereocenters. The first-order valence-corrected chi connectivity index (χ1v) is 7.21. The molecule has 112 valence electrons. The van der Waals surface area contributed by atoms with Crippen LogP contribution in [0.1, 0.15) is 23.7 Å². The lowest BCUT2D eigenvalue weighted by molar-refractivity contribution is 0.299. The van der Waals surface area contributed by atoms with Crippen LogP contribution in [-0.4, -0.2) is 30.5 Å². The molecule has 2 rings (SSSR count). The van der Waals surface area contributed by atoms with Crippen molar-refractivity contribution in [2.45, 2.75) is 19.0 Å². The Morgan fingerprint density at radius 1 is 1.19 bits per heavy atom. The summed E-state index contributed by atoms with van der Waals surface area (Å²) in [5, 5.41) is 3.20. The Bertz CT molecular complexity index is 545. The largest absolute Gasteiger partial charge is 0.313 e. The topological polar surface area (TPSA) is 28.2 Å². The zero-order valence-electron chi connectivity index (χ0n) is 12.6. The van der Waals surface area contributed by atoms with Gasteiger partial charge in [-0.1, -0.05) is 24.3 Å². The van der Waals surface area contributed by atoms with Crippen molar-refractivity contribution < 1.29 is 4.39 Å². The molecule has 0 radical (unpaired) electrons. The third-order valence-corrected chi connectivity index (χ3v) is 3.59. The van der Waals surface area contributed by atoms with Gasteiger partial charge in [0.2, 0.25) is 0 Å². The second kappa shape index (κ2) is 7.86. The minimum absolute atomic E-state index is 0.0254. The number of hydrogen-bond donors (Lipinski definition) is 1. The minimum atomic E-state index is -0.149. The summed E-state index contributed by atoms with van der Waals surface area (Å²) < 4.78 is 13.8. The zero-order valence-corrected chi connectivity index (χ0v) is 12.6. The van der Waals surface area contributed by atoms with Crippen molar-refractivity contribution in [3.05, 3.63) is 65.7 Å². The van der Waals surface area contributed by atoms with Crippen LogP contribution in [-0.2, 0) is 6.54 Å². The van der Waals surface area contributed by atoms with Gasteiger partial charge in [-0.3, -0.25) is 4.98 Å².